The first-order valence-corrected chi connectivity index (χ1v) is 7.56. The number of hydrogen-bond acceptors (Lipinski definition) is 4. The van der Waals surface area contributed by atoms with Gasteiger partial charge in [-0.3, -0.25) is 0 Å². The van der Waals surface area contributed by atoms with Gasteiger partial charge in [-0.05, 0) is 37.8 Å². The van der Waals surface area contributed by atoms with E-state index in [0.29, 0.717) is 11.4 Å². The number of thioether (sulfide) groups is 1. The number of ether oxygens (including phenoxy) is 1. The lowest BCUT2D eigenvalue weighted by atomic mass is 10.1. The Kier molecular flexibility index (Phi) is 5.03. The molecule has 1 aliphatic heterocycles. The van der Waals surface area contributed by atoms with E-state index in [1.54, 1.807) is 0 Å². The van der Waals surface area contributed by atoms with Crippen molar-refractivity contribution in [2.45, 2.75) is 55.5 Å². The van der Waals surface area contributed by atoms with Gasteiger partial charge in [-0.1, -0.05) is 24.8 Å². The standard InChI is InChI=1S/C14H22N2OS/c1-3-12(15)9-11-5-4-7-16-14(11)18-13-6-8-17-10(13)2/h4-5,7,10,12-13H,3,6,8-9,15H2,1-2H3. The van der Waals surface area contributed by atoms with E-state index in [4.69, 9.17) is 10.5 Å². The van der Waals surface area contributed by atoms with Gasteiger partial charge in [-0.15, -0.1) is 0 Å². The van der Waals surface area contributed by atoms with Crippen molar-refractivity contribution in [3.8, 4) is 0 Å². The second-order valence-electron chi connectivity index (χ2n) is 4.86. The largest absolute Gasteiger partial charge is 0.377 e. The zero-order valence-corrected chi connectivity index (χ0v) is 12.0. The van der Waals surface area contributed by atoms with Gasteiger partial charge in [0.25, 0.3) is 0 Å². The Morgan fingerprint density at radius 1 is 1.61 bits per heavy atom. The minimum Gasteiger partial charge on any atom is -0.377 e. The van der Waals surface area contributed by atoms with Crippen LogP contribution in [0, 0.1) is 0 Å². The summed E-state index contributed by atoms with van der Waals surface area (Å²) in [4.78, 5) is 4.52. The number of hydrogen-bond donors (Lipinski definition) is 1. The molecule has 1 aliphatic rings. The van der Waals surface area contributed by atoms with Crippen LogP contribution < -0.4 is 5.73 Å². The Labute approximate surface area is 114 Å². The number of nitrogens with two attached hydrogens (primary N) is 1. The third-order valence-corrected chi connectivity index (χ3v) is 4.94. The lowest BCUT2D eigenvalue weighted by Crippen LogP contribution is -2.22. The van der Waals surface area contributed by atoms with Crippen LogP contribution in [0.4, 0.5) is 0 Å². The van der Waals surface area contributed by atoms with Crippen molar-refractivity contribution in [2.75, 3.05) is 6.61 Å². The molecule has 0 saturated carbocycles. The summed E-state index contributed by atoms with van der Waals surface area (Å²) >= 11 is 1.85. The monoisotopic (exact) mass is 266 g/mol. The van der Waals surface area contributed by atoms with E-state index in [0.717, 1.165) is 30.9 Å². The predicted octanol–water partition coefficient (Wildman–Crippen LogP) is 2.63. The molecule has 1 aromatic rings. The summed E-state index contributed by atoms with van der Waals surface area (Å²) < 4.78 is 5.61. The molecule has 4 heteroatoms. The van der Waals surface area contributed by atoms with Gasteiger partial charge in [-0.2, -0.15) is 0 Å². The number of aromatic nitrogens is 1. The van der Waals surface area contributed by atoms with Crippen LogP contribution in [0.5, 0.6) is 0 Å². The summed E-state index contributed by atoms with van der Waals surface area (Å²) in [6.07, 6.45) is 5.21. The van der Waals surface area contributed by atoms with E-state index >= 15 is 0 Å². The summed E-state index contributed by atoms with van der Waals surface area (Å²) in [5.74, 6) is 0. The van der Waals surface area contributed by atoms with Crippen LogP contribution in [0.1, 0.15) is 32.3 Å². The van der Waals surface area contributed by atoms with Crippen LogP contribution in [-0.2, 0) is 11.2 Å². The Hall–Kier alpha value is -0.580. The number of pyridine rings is 1. The zero-order chi connectivity index (χ0) is 13.0. The Morgan fingerprint density at radius 3 is 3.11 bits per heavy atom. The van der Waals surface area contributed by atoms with E-state index in [-0.39, 0.29) is 6.04 Å². The van der Waals surface area contributed by atoms with Crippen molar-refractivity contribution in [1.82, 2.24) is 4.98 Å². The summed E-state index contributed by atoms with van der Waals surface area (Å²) in [6, 6.07) is 4.37. The molecule has 1 fully saturated rings. The van der Waals surface area contributed by atoms with Gasteiger partial charge in [0, 0.05) is 24.1 Å². The molecule has 1 aromatic heterocycles. The van der Waals surface area contributed by atoms with Gasteiger partial charge in [0.2, 0.25) is 0 Å². The lowest BCUT2D eigenvalue weighted by Gasteiger charge is -2.16. The van der Waals surface area contributed by atoms with Gasteiger partial charge in [-0.25, -0.2) is 4.98 Å². The normalized spacial score (nSPS) is 25.3. The first-order valence-electron chi connectivity index (χ1n) is 6.68. The maximum atomic E-state index is 6.05. The fraction of sp³-hybridized carbons (Fsp3) is 0.643. The average Bonchev–Trinajstić information content (AvgIpc) is 2.77. The average molecular weight is 266 g/mol. The highest BCUT2D eigenvalue weighted by Gasteiger charge is 2.26. The summed E-state index contributed by atoms with van der Waals surface area (Å²) in [5, 5.41) is 1.65. The fourth-order valence-electron chi connectivity index (χ4n) is 2.12. The van der Waals surface area contributed by atoms with Crippen LogP contribution in [0.3, 0.4) is 0 Å². The number of rotatable bonds is 5. The van der Waals surface area contributed by atoms with Crippen molar-refractivity contribution in [3.05, 3.63) is 23.9 Å². The third-order valence-electron chi connectivity index (χ3n) is 3.43. The molecule has 0 spiro atoms. The van der Waals surface area contributed by atoms with Gasteiger partial charge in [0.05, 0.1) is 11.1 Å². The molecule has 18 heavy (non-hydrogen) atoms. The Bertz CT molecular complexity index is 386. The van der Waals surface area contributed by atoms with E-state index < -0.39 is 0 Å². The molecule has 0 amide bonds. The molecule has 0 radical (unpaired) electrons. The van der Waals surface area contributed by atoms with Crippen LogP contribution in [0.2, 0.25) is 0 Å². The first-order chi connectivity index (χ1) is 8.70. The van der Waals surface area contributed by atoms with Crippen molar-refractivity contribution in [2.24, 2.45) is 5.73 Å². The molecule has 100 valence electrons. The molecule has 0 bridgehead atoms. The molecule has 0 aromatic carbocycles. The summed E-state index contributed by atoms with van der Waals surface area (Å²) in [7, 11) is 0. The topological polar surface area (TPSA) is 48.1 Å². The van der Waals surface area contributed by atoms with Crippen LogP contribution in [-0.4, -0.2) is 29.0 Å². The van der Waals surface area contributed by atoms with Gasteiger partial charge in [0.1, 0.15) is 0 Å². The third kappa shape index (κ3) is 3.46. The molecule has 2 N–H and O–H groups in total. The van der Waals surface area contributed by atoms with E-state index in [1.807, 2.05) is 24.0 Å². The van der Waals surface area contributed by atoms with E-state index in [1.165, 1.54) is 5.56 Å². The molecule has 2 rings (SSSR count). The second kappa shape index (κ2) is 6.55. The van der Waals surface area contributed by atoms with Crippen LogP contribution >= 0.6 is 11.8 Å². The number of nitrogens with zero attached hydrogens (tertiary/aromatic N) is 1. The minimum atomic E-state index is 0.228. The smallest absolute Gasteiger partial charge is 0.0996 e. The molecule has 3 atom stereocenters. The highest BCUT2D eigenvalue weighted by atomic mass is 32.2. The first kappa shape index (κ1) is 13.8. The highest BCUT2D eigenvalue weighted by molar-refractivity contribution is 8.00. The van der Waals surface area contributed by atoms with Crippen molar-refractivity contribution >= 4 is 11.8 Å². The summed E-state index contributed by atoms with van der Waals surface area (Å²) in [6.45, 7) is 5.14. The molecule has 1 saturated heterocycles. The molecule has 2 heterocycles. The van der Waals surface area contributed by atoms with Crippen LogP contribution in [0.15, 0.2) is 23.4 Å². The van der Waals surface area contributed by atoms with Crippen molar-refractivity contribution in [1.29, 1.82) is 0 Å². The van der Waals surface area contributed by atoms with Crippen LogP contribution in [0.25, 0.3) is 0 Å². The van der Waals surface area contributed by atoms with Gasteiger partial charge >= 0.3 is 0 Å². The van der Waals surface area contributed by atoms with E-state index in [9.17, 15) is 0 Å². The fourth-order valence-corrected chi connectivity index (χ4v) is 3.32. The molecule has 3 nitrogen and oxygen atoms in total. The summed E-state index contributed by atoms with van der Waals surface area (Å²) in [5.41, 5.74) is 7.32. The highest BCUT2D eigenvalue weighted by Crippen LogP contribution is 2.33. The molecular weight excluding hydrogens is 244 g/mol. The molecule has 0 aliphatic carbocycles. The van der Waals surface area contributed by atoms with Crippen molar-refractivity contribution < 1.29 is 4.74 Å². The maximum absolute atomic E-state index is 6.05. The lowest BCUT2D eigenvalue weighted by molar-refractivity contribution is 0.127. The SMILES string of the molecule is CCC(N)Cc1cccnc1SC1CCOC1C. The maximum Gasteiger partial charge on any atom is 0.0996 e. The van der Waals surface area contributed by atoms with Gasteiger partial charge in [0.15, 0.2) is 0 Å². The van der Waals surface area contributed by atoms with E-state index in [2.05, 4.69) is 24.9 Å². The molecule has 3 unspecified atom stereocenters. The Balaban J connectivity index is 2.07. The van der Waals surface area contributed by atoms with Crippen molar-refractivity contribution in [3.63, 3.8) is 0 Å². The minimum absolute atomic E-state index is 0.228. The molecular formula is C14H22N2OS. The quantitative estimate of drug-likeness (QED) is 0.890. The second-order valence-corrected chi connectivity index (χ2v) is 6.09. The predicted molar refractivity (Wildman–Crippen MR) is 75.9 cm³/mol. The zero-order valence-electron chi connectivity index (χ0n) is 11.1. The Morgan fingerprint density at radius 2 is 2.44 bits per heavy atom. The van der Waals surface area contributed by atoms with Gasteiger partial charge < -0.3 is 10.5 Å².